The number of rotatable bonds is 4. The van der Waals surface area contributed by atoms with Crippen molar-refractivity contribution in [1.29, 1.82) is 0 Å². The van der Waals surface area contributed by atoms with Crippen LogP contribution in [0.25, 0.3) is 10.9 Å². The molecule has 0 spiro atoms. The Hall–Kier alpha value is -2.64. The van der Waals surface area contributed by atoms with Crippen LogP contribution >= 0.6 is 0 Å². The van der Waals surface area contributed by atoms with Crippen LogP contribution in [0.15, 0.2) is 47.4 Å². The highest BCUT2D eigenvalue weighted by Gasteiger charge is 2.26. The number of hydrogen-bond acceptors (Lipinski definition) is 3. The molecule has 28 heavy (non-hydrogen) atoms. The molecule has 1 unspecified atom stereocenters. The average molecular weight is 398 g/mol. The molecular weight excluding hydrogens is 374 g/mol. The SMILES string of the molecule is CC(=O)Nc1ccc(S(=O)(=O)NC2CCc3[nH]c4ccc(C)cc4c3C2)cc1. The van der Waals surface area contributed by atoms with E-state index >= 15 is 0 Å². The highest BCUT2D eigenvalue weighted by molar-refractivity contribution is 7.89. The number of aromatic nitrogens is 1. The number of aromatic amines is 1. The fraction of sp³-hybridized carbons (Fsp3) is 0.286. The Kier molecular flexibility index (Phi) is 4.72. The van der Waals surface area contributed by atoms with Gasteiger partial charge in [0.05, 0.1) is 4.90 Å². The van der Waals surface area contributed by atoms with Crippen LogP contribution < -0.4 is 10.0 Å². The highest BCUT2D eigenvalue weighted by atomic mass is 32.2. The van der Waals surface area contributed by atoms with E-state index in [4.69, 9.17) is 0 Å². The van der Waals surface area contributed by atoms with Gasteiger partial charge in [-0.2, -0.15) is 0 Å². The molecule has 0 bridgehead atoms. The molecule has 1 heterocycles. The standard InChI is InChI=1S/C21H23N3O3S/c1-13-3-9-20-18(11-13)19-12-16(6-10-21(19)23-20)24-28(26,27)17-7-4-15(5-8-17)22-14(2)25/h3-5,7-9,11,16,23-24H,6,10,12H2,1-2H3,(H,22,25). The quantitative estimate of drug-likeness (QED) is 0.631. The van der Waals surface area contributed by atoms with Gasteiger partial charge in [-0.15, -0.1) is 0 Å². The summed E-state index contributed by atoms with van der Waals surface area (Å²) in [7, 11) is -3.63. The van der Waals surface area contributed by atoms with Crippen LogP contribution in [0.2, 0.25) is 0 Å². The first-order valence-corrected chi connectivity index (χ1v) is 10.8. The third kappa shape index (κ3) is 3.68. The molecule has 2 aromatic carbocycles. The van der Waals surface area contributed by atoms with Crippen LogP contribution in [-0.4, -0.2) is 25.4 Å². The first-order chi connectivity index (χ1) is 13.3. The van der Waals surface area contributed by atoms with Gasteiger partial charge >= 0.3 is 0 Å². The highest BCUT2D eigenvalue weighted by Crippen LogP contribution is 2.30. The molecular formula is C21H23N3O3S. The molecule has 0 radical (unpaired) electrons. The smallest absolute Gasteiger partial charge is 0.240 e. The Bertz CT molecular complexity index is 1150. The lowest BCUT2D eigenvalue weighted by atomic mass is 9.92. The minimum Gasteiger partial charge on any atom is -0.358 e. The fourth-order valence-electron chi connectivity index (χ4n) is 3.84. The lowest BCUT2D eigenvalue weighted by Gasteiger charge is -2.23. The van der Waals surface area contributed by atoms with Crippen LogP contribution in [-0.2, 0) is 27.7 Å². The van der Waals surface area contributed by atoms with E-state index in [1.165, 1.54) is 41.3 Å². The second kappa shape index (κ2) is 7.07. The molecule has 146 valence electrons. The summed E-state index contributed by atoms with van der Waals surface area (Å²) >= 11 is 0. The number of nitrogens with one attached hydrogen (secondary N) is 3. The summed E-state index contributed by atoms with van der Waals surface area (Å²) < 4.78 is 28.4. The Balaban J connectivity index is 1.54. The van der Waals surface area contributed by atoms with E-state index in [-0.39, 0.29) is 16.8 Å². The van der Waals surface area contributed by atoms with Gasteiger partial charge in [0.2, 0.25) is 15.9 Å². The predicted octanol–water partition coefficient (Wildman–Crippen LogP) is 3.27. The molecule has 1 atom stereocenters. The predicted molar refractivity (Wildman–Crippen MR) is 110 cm³/mol. The van der Waals surface area contributed by atoms with Crippen LogP contribution in [0.5, 0.6) is 0 Å². The molecule has 0 saturated carbocycles. The van der Waals surface area contributed by atoms with Crippen LogP contribution in [0.4, 0.5) is 5.69 Å². The van der Waals surface area contributed by atoms with Gasteiger partial charge in [0.1, 0.15) is 0 Å². The van der Waals surface area contributed by atoms with Crippen molar-refractivity contribution in [1.82, 2.24) is 9.71 Å². The molecule has 1 amide bonds. The van der Waals surface area contributed by atoms with Gasteiger partial charge in [0.15, 0.2) is 0 Å². The van der Waals surface area contributed by atoms with Crippen LogP contribution in [0.3, 0.4) is 0 Å². The van der Waals surface area contributed by atoms with Gasteiger partial charge in [-0.3, -0.25) is 4.79 Å². The lowest BCUT2D eigenvalue weighted by Crippen LogP contribution is -2.38. The van der Waals surface area contributed by atoms with E-state index < -0.39 is 10.0 Å². The molecule has 0 fully saturated rings. The maximum atomic E-state index is 12.8. The van der Waals surface area contributed by atoms with Crippen molar-refractivity contribution in [2.75, 3.05) is 5.32 Å². The summed E-state index contributed by atoms with van der Waals surface area (Å²) in [6, 6.07) is 12.4. The van der Waals surface area contributed by atoms with Crippen molar-refractivity contribution in [3.8, 4) is 0 Å². The minimum atomic E-state index is -3.63. The van der Waals surface area contributed by atoms with Crippen molar-refractivity contribution >= 4 is 32.5 Å². The number of anilines is 1. The largest absolute Gasteiger partial charge is 0.358 e. The summed E-state index contributed by atoms with van der Waals surface area (Å²) in [4.78, 5) is 14.8. The normalized spacial score (nSPS) is 16.7. The van der Waals surface area contributed by atoms with E-state index in [9.17, 15) is 13.2 Å². The van der Waals surface area contributed by atoms with Crippen LogP contribution in [0.1, 0.15) is 30.2 Å². The molecule has 4 rings (SSSR count). The number of H-pyrrole nitrogens is 1. The molecule has 3 N–H and O–H groups in total. The average Bonchev–Trinajstić information content (AvgIpc) is 2.99. The maximum Gasteiger partial charge on any atom is 0.240 e. The van der Waals surface area contributed by atoms with Gasteiger partial charge in [-0.05, 0) is 68.1 Å². The van der Waals surface area contributed by atoms with Gasteiger partial charge < -0.3 is 10.3 Å². The molecule has 6 nitrogen and oxygen atoms in total. The number of sulfonamides is 1. The Morgan fingerprint density at radius 1 is 1.14 bits per heavy atom. The third-order valence-corrected chi connectivity index (χ3v) is 6.69. The van der Waals surface area contributed by atoms with Crippen LogP contribution in [0, 0.1) is 6.92 Å². The van der Waals surface area contributed by atoms with Crippen molar-refractivity contribution in [3.63, 3.8) is 0 Å². The van der Waals surface area contributed by atoms with E-state index in [1.54, 1.807) is 12.1 Å². The third-order valence-electron chi connectivity index (χ3n) is 5.15. The lowest BCUT2D eigenvalue weighted by molar-refractivity contribution is -0.114. The molecule has 0 aliphatic heterocycles. The zero-order chi connectivity index (χ0) is 19.9. The topological polar surface area (TPSA) is 91.1 Å². The Morgan fingerprint density at radius 3 is 2.61 bits per heavy atom. The monoisotopic (exact) mass is 397 g/mol. The second-order valence-corrected chi connectivity index (χ2v) is 9.11. The summed E-state index contributed by atoms with van der Waals surface area (Å²) in [5.41, 5.74) is 5.28. The molecule has 0 saturated heterocycles. The summed E-state index contributed by atoms with van der Waals surface area (Å²) in [6.07, 6.45) is 2.24. The number of amides is 1. The van der Waals surface area contributed by atoms with Gasteiger partial charge in [0.25, 0.3) is 0 Å². The summed E-state index contributed by atoms with van der Waals surface area (Å²) in [5, 5.41) is 3.82. The fourth-order valence-corrected chi connectivity index (χ4v) is 5.11. The number of carbonyl (C=O) groups excluding carboxylic acids is 1. The Labute approximate surface area is 164 Å². The second-order valence-electron chi connectivity index (χ2n) is 7.40. The molecule has 1 aliphatic carbocycles. The molecule has 7 heteroatoms. The maximum absolute atomic E-state index is 12.8. The number of benzene rings is 2. The zero-order valence-electron chi connectivity index (χ0n) is 15.9. The first kappa shape index (κ1) is 18.7. The Morgan fingerprint density at radius 2 is 1.89 bits per heavy atom. The van der Waals surface area contributed by atoms with Gasteiger partial charge in [0, 0.05) is 35.2 Å². The van der Waals surface area contributed by atoms with Crippen molar-refractivity contribution < 1.29 is 13.2 Å². The zero-order valence-corrected chi connectivity index (χ0v) is 16.7. The molecule has 1 aliphatic rings. The van der Waals surface area contributed by atoms with Gasteiger partial charge in [-0.25, -0.2) is 13.1 Å². The van der Waals surface area contributed by atoms with E-state index in [1.807, 2.05) is 0 Å². The summed E-state index contributed by atoms with van der Waals surface area (Å²) in [5.74, 6) is -0.194. The van der Waals surface area contributed by atoms with E-state index in [0.717, 1.165) is 18.4 Å². The van der Waals surface area contributed by atoms with Crippen molar-refractivity contribution in [3.05, 3.63) is 59.3 Å². The number of hydrogen-bond donors (Lipinski definition) is 3. The molecule has 3 aromatic rings. The molecule has 1 aromatic heterocycles. The number of fused-ring (bicyclic) bond motifs is 3. The minimum absolute atomic E-state index is 0.146. The van der Waals surface area contributed by atoms with Crippen molar-refractivity contribution in [2.45, 2.75) is 44.0 Å². The van der Waals surface area contributed by atoms with E-state index in [0.29, 0.717) is 12.1 Å². The first-order valence-electron chi connectivity index (χ1n) is 9.32. The number of carbonyl (C=O) groups is 1. The number of aryl methyl sites for hydroxylation is 2. The summed E-state index contributed by atoms with van der Waals surface area (Å²) in [6.45, 7) is 3.47. The van der Waals surface area contributed by atoms with E-state index in [2.05, 4.69) is 40.1 Å². The van der Waals surface area contributed by atoms with Crippen molar-refractivity contribution in [2.24, 2.45) is 0 Å². The van der Waals surface area contributed by atoms with Gasteiger partial charge in [-0.1, -0.05) is 11.6 Å².